The molecule has 1 aliphatic rings. The van der Waals surface area contributed by atoms with E-state index in [4.69, 9.17) is 24.4 Å². The molecule has 1 saturated carbocycles. The number of terminal acetylenes is 2. The van der Waals surface area contributed by atoms with E-state index in [9.17, 15) is 0 Å². The van der Waals surface area contributed by atoms with Gasteiger partial charge in [0.25, 0.3) is 0 Å². The highest BCUT2D eigenvalue weighted by atomic mass is 35.5. The summed E-state index contributed by atoms with van der Waals surface area (Å²) in [6.07, 6.45) is 14.2. The minimum absolute atomic E-state index is 0.662. The SMILES string of the molecule is C#CC1CC1.C#CCCCCl. The van der Waals surface area contributed by atoms with Gasteiger partial charge in [-0.1, -0.05) is 0 Å². The van der Waals surface area contributed by atoms with Gasteiger partial charge in [-0.2, -0.15) is 0 Å². The predicted octanol–water partition coefficient (Wildman–Crippen LogP) is 2.67. The van der Waals surface area contributed by atoms with Crippen molar-refractivity contribution in [3.8, 4) is 24.7 Å². The average Bonchev–Trinajstić information content (AvgIpc) is 2.84. The highest BCUT2D eigenvalue weighted by molar-refractivity contribution is 6.17. The van der Waals surface area contributed by atoms with E-state index in [2.05, 4.69) is 11.8 Å². The van der Waals surface area contributed by atoms with Crippen molar-refractivity contribution < 1.29 is 0 Å². The van der Waals surface area contributed by atoms with E-state index in [1.54, 1.807) is 0 Å². The highest BCUT2D eigenvalue weighted by Gasteiger charge is 2.16. The molecule has 0 aromatic rings. The molecule has 0 N–H and O–H groups in total. The lowest BCUT2D eigenvalue weighted by molar-refractivity contribution is 0.992. The van der Waals surface area contributed by atoms with Gasteiger partial charge in [0.1, 0.15) is 0 Å². The fourth-order valence-corrected chi connectivity index (χ4v) is 0.553. The second-order valence-electron chi connectivity index (χ2n) is 2.44. The van der Waals surface area contributed by atoms with Gasteiger partial charge in [0, 0.05) is 18.2 Å². The largest absolute Gasteiger partial charge is 0.127 e. The zero-order chi connectivity index (χ0) is 8.53. The van der Waals surface area contributed by atoms with Crippen molar-refractivity contribution in [2.75, 3.05) is 5.88 Å². The zero-order valence-corrected chi connectivity index (χ0v) is 7.40. The molecule has 0 aromatic carbocycles. The molecule has 1 heteroatoms. The monoisotopic (exact) mass is 168 g/mol. The van der Waals surface area contributed by atoms with Crippen LogP contribution in [0.3, 0.4) is 0 Å². The maximum absolute atomic E-state index is 5.28. The van der Waals surface area contributed by atoms with Crippen molar-refractivity contribution in [2.24, 2.45) is 5.92 Å². The first-order valence-electron chi connectivity index (χ1n) is 3.80. The van der Waals surface area contributed by atoms with E-state index in [1.165, 1.54) is 12.8 Å². The van der Waals surface area contributed by atoms with E-state index in [-0.39, 0.29) is 0 Å². The van der Waals surface area contributed by atoms with Gasteiger partial charge in [-0.25, -0.2) is 0 Å². The molecule has 1 aliphatic carbocycles. The topological polar surface area (TPSA) is 0 Å². The second kappa shape index (κ2) is 7.52. The molecule has 60 valence electrons. The number of hydrogen-bond donors (Lipinski definition) is 0. The molecule has 0 spiro atoms. The van der Waals surface area contributed by atoms with E-state index in [1.807, 2.05) is 0 Å². The van der Waals surface area contributed by atoms with Crippen LogP contribution in [0.2, 0.25) is 0 Å². The van der Waals surface area contributed by atoms with Gasteiger partial charge in [0.05, 0.1) is 0 Å². The Morgan fingerprint density at radius 2 is 2.00 bits per heavy atom. The van der Waals surface area contributed by atoms with Crippen LogP contribution in [0.25, 0.3) is 0 Å². The van der Waals surface area contributed by atoms with Crippen LogP contribution < -0.4 is 0 Å². The van der Waals surface area contributed by atoms with Crippen LogP contribution >= 0.6 is 11.6 Å². The molecule has 0 bridgehead atoms. The molecule has 1 fully saturated rings. The van der Waals surface area contributed by atoms with E-state index < -0.39 is 0 Å². The maximum atomic E-state index is 5.28. The summed E-state index contributed by atoms with van der Waals surface area (Å²) in [6.45, 7) is 0. The smallest absolute Gasteiger partial charge is 0.0232 e. The van der Waals surface area contributed by atoms with Gasteiger partial charge in [0.15, 0.2) is 0 Å². The normalized spacial score (nSPS) is 13.7. The van der Waals surface area contributed by atoms with Crippen LogP contribution in [-0.2, 0) is 0 Å². The van der Waals surface area contributed by atoms with Crippen molar-refractivity contribution >= 4 is 11.6 Å². The molecule has 0 heterocycles. The molecule has 0 aromatic heterocycles. The zero-order valence-electron chi connectivity index (χ0n) is 6.65. The van der Waals surface area contributed by atoms with Gasteiger partial charge in [-0.15, -0.1) is 36.3 Å². The first-order valence-corrected chi connectivity index (χ1v) is 4.34. The molecular weight excluding hydrogens is 156 g/mol. The van der Waals surface area contributed by atoms with Crippen LogP contribution in [0.4, 0.5) is 0 Å². The maximum Gasteiger partial charge on any atom is 0.0232 e. The first-order chi connectivity index (χ1) is 5.35. The summed E-state index contributed by atoms with van der Waals surface area (Å²) < 4.78 is 0. The van der Waals surface area contributed by atoms with Gasteiger partial charge >= 0.3 is 0 Å². The second-order valence-corrected chi connectivity index (χ2v) is 2.82. The third kappa shape index (κ3) is 9.41. The summed E-state index contributed by atoms with van der Waals surface area (Å²) in [7, 11) is 0. The van der Waals surface area contributed by atoms with Gasteiger partial charge in [-0.05, 0) is 19.3 Å². The first kappa shape index (κ1) is 10.4. The van der Waals surface area contributed by atoms with Crippen molar-refractivity contribution in [3.05, 3.63) is 0 Å². The van der Waals surface area contributed by atoms with E-state index in [0.29, 0.717) is 11.8 Å². The third-order valence-electron chi connectivity index (χ3n) is 1.27. The standard InChI is InChI=1S/C5H7Cl.C5H6/c1-2-3-4-5-6;1-2-5-3-4-5/h1H,3-5H2;1,5H,3-4H2. The molecule has 0 aliphatic heterocycles. The Hall–Kier alpha value is -0.590. The minimum Gasteiger partial charge on any atom is -0.127 e. The number of halogens is 1. The fourth-order valence-electron chi connectivity index (χ4n) is 0.419. The number of hydrogen-bond acceptors (Lipinski definition) is 0. The number of rotatable bonds is 2. The van der Waals surface area contributed by atoms with Crippen molar-refractivity contribution in [3.63, 3.8) is 0 Å². The summed E-state index contributed by atoms with van der Waals surface area (Å²) in [5.41, 5.74) is 0. The Labute approximate surface area is 74.3 Å². The molecule has 0 radical (unpaired) electrons. The van der Waals surface area contributed by atoms with Crippen LogP contribution in [0.15, 0.2) is 0 Å². The Morgan fingerprint density at radius 3 is 2.09 bits per heavy atom. The van der Waals surface area contributed by atoms with Crippen molar-refractivity contribution in [1.29, 1.82) is 0 Å². The summed E-state index contributed by atoms with van der Waals surface area (Å²) >= 11 is 5.28. The fraction of sp³-hybridized carbons (Fsp3) is 0.600. The molecular formula is C10H13Cl. The quantitative estimate of drug-likeness (QED) is 0.338. The van der Waals surface area contributed by atoms with Crippen molar-refractivity contribution in [2.45, 2.75) is 25.7 Å². The summed E-state index contributed by atoms with van der Waals surface area (Å²) in [4.78, 5) is 0. The molecule has 0 atom stereocenters. The van der Waals surface area contributed by atoms with Gasteiger partial charge in [-0.3, -0.25) is 0 Å². The molecule has 1 rings (SSSR count). The lowest BCUT2D eigenvalue weighted by Gasteiger charge is -1.77. The Kier molecular flexibility index (Phi) is 7.11. The summed E-state index contributed by atoms with van der Waals surface area (Å²) in [5, 5.41) is 0. The van der Waals surface area contributed by atoms with E-state index in [0.717, 1.165) is 12.8 Å². The van der Waals surface area contributed by atoms with Gasteiger partial charge < -0.3 is 0 Å². The highest BCUT2D eigenvalue weighted by Crippen LogP contribution is 2.26. The molecule has 0 amide bonds. The third-order valence-corrected chi connectivity index (χ3v) is 1.54. The number of unbranched alkanes of at least 4 members (excludes halogenated alkanes) is 1. The average molecular weight is 169 g/mol. The van der Waals surface area contributed by atoms with Crippen LogP contribution in [0.1, 0.15) is 25.7 Å². The van der Waals surface area contributed by atoms with Crippen molar-refractivity contribution in [1.82, 2.24) is 0 Å². The molecule has 11 heavy (non-hydrogen) atoms. The Balaban J connectivity index is 0.000000183. The van der Waals surface area contributed by atoms with E-state index >= 15 is 0 Å². The molecule has 0 unspecified atom stereocenters. The molecule has 0 nitrogen and oxygen atoms in total. The number of alkyl halides is 1. The van der Waals surface area contributed by atoms with Crippen LogP contribution in [0.5, 0.6) is 0 Å². The van der Waals surface area contributed by atoms with Gasteiger partial charge in [0.2, 0.25) is 0 Å². The van der Waals surface area contributed by atoms with Crippen LogP contribution in [-0.4, -0.2) is 5.88 Å². The molecule has 0 saturated heterocycles. The predicted molar refractivity (Wildman–Crippen MR) is 50.3 cm³/mol. The summed E-state index contributed by atoms with van der Waals surface area (Å²) in [6, 6.07) is 0. The minimum atomic E-state index is 0.662. The lowest BCUT2D eigenvalue weighted by Crippen LogP contribution is -1.68. The summed E-state index contributed by atoms with van der Waals surface area (Å²) in [5.74, 6) is 6.47. The van der Waals surface area contributed by atoms with Crippen LogP contribution in [0, 0.1) is 30.6 Å². The Bertz CT molecular complexity index is 155. The Morgan fingerprint density at radius 1 is 1.36 bits per heavy atom. The lowest BCUT2D eigenvalue weighted by atomic mass is 10.4.